The molecule has 1 aromatic heterocycles. The summed E-state index contributed by atoms with van der Waals surface area (Å²) in [7, 11) is 0. The number of rotatable bonds is 5. The predicted octanol–water partition coefficient (Wildman–Crippen LogP) is 5.48. The van der Waals surface area contributed by atoms with Gasteiger partial charge in [0.25, 0.3) is 0 Å². The second kappa shape index (κ2) is 7.01. The van der Waals surface area contributed by atoms with Gasteiger partial charge in [0.05, 0.1) is 11.2 Å². The number of aromatic hydroxyl groups is 1. The van der Waals surface area contributed by atoms with Crippen molar-refractivity contribution in [2.24, 2.45) is 0 Å². The van der Waals surface area contributed by atoms with Gasteiger partial charge in [-0.1, -0.05) is 19.9 Å². The molecule has 0 amide bonds. The SMILES string of the molecule is CCC(CC)c1cc(O)ccc1Nc1c(C)cnc2cccc(N)c12. The number of anilines is 3. The van der Waals surface area contributed by atoms with Crippen molar-refractivity contribution in [1.82, 2.24) is 4.98 Å². The van der Waals surface area contributed by atoms with Crippen LogP contribution in [0.4, 0.5) is 17.1 Å². The predicted molar refractivity (Wildman–Crippen MR) is 106 cm³/mol. The van der Waals surface area contributed by atoms with Crippen LogP contribution in [0.2, 0.25) is 0 Å². The van der Waals surface area contributed by atoms with Crippen LogP contribution in [0, 0.1) is 6.92 Å². The number of phenols is 1. The van der Waals surface area contributed by atoms with Gasteiger partial charge in [0.2, 0.25) is 0 Å². The number of aryl methyl sites for hydroxylation is 1. The molecule has 0 spiro atoms. The normalized spacial score (nSPS) is 11.2. The molecule has 4 N–H and O–H groups in total. The lowest BCUT2D eigenvalue weighted by atomic mass is 9.92. The quantitative estimate of drug-likeness (QED) is 0.426. The van der Waals surface area contributed by atoms with E-state index in [1.807, 2.05) is 43.5 Å². The minimum atomic E-state index is 0.295. The van der Waals surface area contributed by atoms with Crippen molar-refractivity contribution >= 4 is 28.0 Å². The summed E-state index contributed by atoms with van der Waals surface area (Å²) in [5.41, 5.74) is 12.0. The fourth-order valence-corrected chi connectivity index (χ4v) is 3.39. The van der Waals surface area contributed by atoms with Gasteiger partial charge in [0, 0.05) is 23.0 Å². The maximum atomic E-state index is 9.96. The fraction of sp³-hybridized carbons (Fsp3) is 0.286. The zero-order chi connectivity index (χ0) is 18.0. The Kier molecular flexibility index (Phi) is 4.79. The summed E-state index contributed by atoms with van der Waals surface area (Å²) in [4.78, 5) is 4.49. The lowest BCUT2D eigenvalue weighted by Gasteiger charge is -2.21. The van der Waals surface area contributed by atoms with E-state index in [0.717, 1.165) is 46.2 Å². The Morgan fingerprint density at radius 1 is 1.16 bits per heavy atom. The van der Waals surface area contributed by atoms with Gasteiger partial charge in [0.15, 0.2) is 0 Å². The Morgan fingerprint density at radius 3 is 2.64 bits per heavy atom. The van der Waals surface area contributed by atoms with Crippen molar-refractivity contribution in [2.75, 3.05) is 11.1 Å². The summed E-state index contributed by atoms with van der Waals surface area (Å²) in [5, 5.41) is 14.5. The number of aromatic nitrogens is 1. The van der Waals surface area contributed by atoms with Crippen LogP contribution in [0.15, 0.2) is 42.6 Å². The number of nitrogens with two attached hydrogens (primary N) is 1. The highest BCUT2D eigenvalue weighted by Gasteiger charge is 2.16. The van der Waals surface area contributed by atoms with Crippen LogP contribution in [0.5, 0.6) is 5.75 Å². The summed E-state index contributed by atoms with van der Waals surface area (Å²) in [6, 6.07) is 11.3. The van der Waals surface area contributed by atoms with E-state index in [2.05, 4.69) is 24.1 Å². The molecule has 4 nitrogen and oxygen atoms in total. The molecule has 25 heavy (non-hydrogen) atoms. The second-order valence-corrected chi connectivity index (χ2v) is 6.47. The van der Waals surface area contributed by atoms with Crippen molar-refractivity contribution in [1.29, 1.82) is 0 Å². The maximum Gasteiger partial charge on any atom is 0.116 e. The number of nitrogens with zero attached hydrogens (tertiary/aromatic N) is 1. The molecule has 0 bridgehead atoms. The van der Waals surface area contributed by atoms with Crippen molar-refractivity contribution in [3.05, 3.63) is 53.7 Å². The van der Waals surface area contributed by atoms with Crippen molar-refractivity contribution in [3.63, 3.8) is 0 Å². The van der Waals surface area contributed by atoms with E-state index in [4.69, 9.17) is 5.73 Å². The molecule has 0 unspecified atom stereocenters. The molecule has 2 aromatic carbocycles. The molecule has 0 saturated heterocycles. The fourth-order valence-electron chi connectivity index (χ4n) is 3.39. The number of fused-ring (bicyclic) bond motifs is 1. The molecule has 3 rings (SSSR count). The summed E-state index contributed by atoms with van der Waals surface area (Å²) < 4.78 is 0. The van der Waals surface area contributed by atoms with Crippen LogP contribution in [0.1, 0.15) is 43.7 Å². The molecule has 0 saturated carbocycles. The Bertz CT molecular complexity index is 901. The summed E-state index contributed by atoms with van der Waals surface area (Å²) in [5.74, 6) is 0.684. The summed E-state index contributed by atoms with van der Waals surface area (Å²) >= 11 is 0. The molecule has 3 aromatic rings. The molecule has 130 valence electrons. The monoisotopic (exact) mass is 335 g/mol. The first-order valence-corrected chi connectivity index (χ1v) is 8.78. The molecular formula is C21H25N3O. The molecule has 0 radical (unpaired) electrons. The van der Waals surface area contributed by atoms with Gasteiger partial charge >= 0.3 is 0 Å². The van der Waals surface area contributed by atoms with E-state index in [9.17, 15) is 5.11 Å². The highest BCUT2D eigenvalue weighted by atomic mass is 16.3. The van der Waals surface area contributed by atoms with Crippen LogP contribution in [-0.2, 0) is 0 Å². The number of phenolic OH excluding ortho intramolecular Hbond substituents is 1. The zero-order valence-corrected chi connectivity index (χ0v) is 15.0. The number of pyridine rings is 1. The standard InChI is InChI=1S/C21H25N3O/c1-4-14(5-2)16-11-15(25)9-10-18(16)24-21-13(3)12-23-19-8-6-7-17(22)20(19)21/h6-12,14,25H,4-5,22H2,1-3H3,(H,23,24). The lowest BCUT2D eigenvalue weighted by molar-refractivity contribution is 0.473. The first kappa shape index (κ1) is 17.1. The van der Waals surface area contributed by atoms with E-state index in [0.29, 0.717) is 17.4 Å². The first-order chi connectivity index (χ1) is 12.0. The van der Waals surface area contributed by atoms with E-state index in [1.54, 1.807) is 6.07 Å². The third kappa shape index (κ3) is 3.25. The third-order valence-corrected chi connectivity index (χ3v) is 4.84. The van der Waals surface area contributed by atoms with Gasteiger partial charge in [-0.3, -0.25) is 4.98 Å². The Labute approximate surface area is 148 Å². The van der Waals surface area contributed by atoms with Crippen LogP contribution in [0.3, 0.4) is 0 Å². The molecule has 0 aliphatic heterocycles. The average molecular weight is 335 g/mol. The Morgan fingerprint density at radius 2 is 1.92 bits per heavy atom. The summed E-state index contributed by atoms with van der Waals surface area (Å²) in [6.45, 7) is 6.37. The highest BCUT2D eigenvalue weighted by Crippen LogP contribution is 2.37. The van der Waals surface area contributed by atoms with Gasteiger partial charge < -0.3 is 16.2 Å². The van der Waals surface area contributed by atoms with Crippen LogP contribution < -0.4 is 11.1 Å². The molecule has 4 heteroatoms. The topological polar surface area (TPSA) is 71.2 Å². The van der Waals surface area contributed by atoms with E-state index >= 15 is 0 Å². The van der Waals surface area contributed by atoms with Crippen molar-refractivity contribution in [2.45, 2.75) is 39.5 Å². The third-order valence-electron chi connectivity index (χ3n) is 4.84. The van der Waals surface area contributed by atoms with E-state index in [1.165, 1.54) is 0 Å². The van der Waals surface area contributed by atoms with Crippen LogP contribution >= 0.6 is 0 Å². The first-order valence-electron chi connectivity index (χ1n) is 8.78. The number of hydrogen-bond acceptors (Lipinski definition) is 4. The van der Waals surface area contributed by atoms with E-state index < -0.39 is 0 Å². The second-order valence-electron chi connectivity index (χ2n) is 6.47. The van der Waals surface area contributed by atoms with E-state index in [-0.39, 0.29) is 0 Å². The van der Waals surface area contributed by atoms with Gasteiger partial charge in [-0.05, 0) is 67.1 Å². The largest absolute Gasteiger partial charge is 0.508 e. The lowest BCUT2D eigenvalue weighted by Crippen LogP contribution is -2.04. The van der Waals surface area contributed by atoms with Crippen LogP contribution in [-0.4, -0.2) is 10.1 Å². The minimum absolute atomic E-state index is 0.295. The minimum Gasteiger partial charge on any atom is -0.508 e. The smallest absolute Gasteiger partial charge is 0.116 e. The Hall–Kier alpha value is -2.75. The number of benzene rings is 2. The van der Waals surface area contributed by atoms with Gasteiger partial charge in [-0.25, -0.2) is 0 Å². The highest BCUT2D eigenvalue weighted by molar-refractivity contribution is 6.02. The zero-order valence-electron chi connectivity index (χ0n) is 15.0. The van der Waals surface area contributed by atoms with Gasteiger partial charge in [0.1, 0.15) is 5.75 Å². The Balaban J connectivity index is 2.16. The van der Waals surface area contributed by atoms with Gasteiger partial charge in [-0.2, -0.15) is 0 Å². The molecule has 0 aliphatic carbocycles. The maximum absolute atomic E-state index is 9.96. The summed E-state index contributed by atoms with van der Waals surface area (Å²) in [6.07, 6.45) is 3.90. The van der Waals surface area contributed by atoms with Crippen molar-refractivity contribution < 1.29 is 5.11 Å². The molecular weight excluding hydrogens is 310 g/mol. The number of nitrogen functional groups attached to an aromatic ring is 1. The van der Waals surface area contributed by atoms with Crippen LogP contribution in [0.25, 0.3) is 10.9 Å². The molecule has 1 heterocycles. The molecule has 0 atom stereocenters. The van der Waals surface area contributed by atoms with Crippen molar-refractivity contribution in [3.8, 4) is 5.75 Å². The average Bonchev–Trinajstić information content (AvgIpc) is 2.60. The number of nitrogens with one attached hydrogen (secondary N) is 1. The molecule has 0 fully saturated rings. The molecule has 0 aliphatic rings. The number of hydrogen-bond donors (Lipinski definition) is 3. The van der Waals surface area contributed by atoms with Gasteiger partial charge in [-0.15, -0.1) is 0 Å².